The summed E-state index contributed by atoms with van der Waals surface area (Å²) in [6, 6.07) is 13.4. The van der Waals surface area contributed by atoms with Crippen molar-refractivity contribution in [3.05, 3.63) is 48.2 Å². The summed E-state index contributed by atoms with van der Waals surface area (Å²) in [6.07, 6.45) is 23.8. The summed E-state index contributed by atoms with van der Waals surface area (Å²) in [5.41, 5.74) is 3.75. The topological polar surface area (TPSA) is 22.1 Å². The predicted molar refractivity (Wildman–Crippen MR) is 147 cm³/mol. The second-order valence-electron chi connectivity index (χ2n) is 10.5. The summed E-state index contributed by atoms with van der Waals surface area (Å²) in [5.74, 6) is 2.60. The van der Waals surface area contributed by atoms with Crippen LogP contribution in [0.4, 0.5) is 0 Å². The average molecular weight is 464 g/mol. The number of benzene rings is 1. The van der Waals surface area contributed by atoms with Crippen molar-refractivity contribution >= 4 is 0 Å². The molecule has 0 bridgehead atoms. The highest BCUT2D eigenvalue weighted by Crippen LogP contribution is 2.38. The molecule has 1 aromatic carbocycles. The highest BCUT2D eigenvalue weighted by Gasteiger charge is 2.22. The van der Waals surface area contributed by atoms with Crippen molar-refractivity contribution in [1.82, 2.24) is 4.98 Å². The molecule has 0 unspecified atom stereocenters. The standard InChI is InChI=1S/C32H49NO/c1-3-5-7-9-10-12-14-27-15-17-28(18-16-27)29-19-21-30(22-20-29)32-24-23-31(26-33-32)34-25-13-11-8-6-4-2/h19-24,26-28H,3-18,25H2,1-2H3. The molecule has 1 saturated carbocycles. The molecule has 1 aromatic heterocycles. The normalized spacial score (nSPS) is 18.2. The molecule has 2 nitrogen and oxygen atoms in total. The molecule has 1 heterocycles. The Morgan fingerprint density at radius 1 is 0.706 bits per heavy atom. The molecular weight excluding hydrogens is 414 g/mol. The third-order valence-corrected chi connectivity index (χ3v) is 7.74. The van der Waals surface area contributed by atoms with Crippen molar-refractivity contribution < 1.29 is 4.74 Å². The van der Waals surface area contributed by atoms with Gasteiger partial charge in [-0.1, -0.05) is 109 Å². The van der Waals surface area contributed by atoms with Gasteiger partial charge in [0.05, 0.1) is 18.5 Å². The summed E-state index contributed by atoms with van der Waals surface area (Å²) in [6.45, 7) is 5.34. The van der Waals surface area contributed by atoms with Crippen molar-refractivity contribution in [2.45, 2.75) is 122 Å². The fourth-order valence-corrected chi connectivity index (χ4v) is 5.46. The molecule has 0 N–H and O–H groups in total. The first-order chi connectivity index (χ1) is 16.8. The van der Waals surface area contributed by atoms with E-state index in [4.69, 9.17) is 4.74 Å². The minimum absolute atomic E-state index is 0.746. The molecule has 2 aromatic rings. The zero-order valence-electron chi connectivity index (χ0n) is 22.1. The first-order valence-electron chi connectivity index (χ1n) is 14.5. The van der Waals surface area contributed by atoms with Crippen LogP contribution in [0, 0.1) is 5.92 Å². The van der Waals surface area contributed by atoms with E-state index in [2.05, 4.69) is 55.2 Å². The number of nitrogens with zero attached hydrogens (tertiary/aromatic N) is 1. The van der Waals surface area contributed by atoms with Crippen LogP contribution < -0.4 is 4.74 Å². The molecule has 0 aliphatic heterocycles. The maximum absolute atomic E-state index is 5.87. The van der Waals surface area contributed by atoms with Crippen molar-refractivity contribution in [3.63, 3.8) is 0 Å². The first-order valence-corrected chi connectivity index (χ1v) is 14.5. The number of ether oxygens (including phenoxy) is 1. The van der Waals surface area contributed by atoms with Gasteiger partial charge in [-0.15, -0.1) is 0 Å². The number of hydrogen-bond acceptors (Lipinski definition) is 2. The van der Waals surface area contributed by atoms with E-state index in [1.54, 1.807) is 0 Å². The van der Waals surface area contributed by atoms with Crippen molar-refractivity contribution in [2.75, 3.05) is 6.61 Å². The Labute approximate surface area is 209 Å². The molecule has 3 rings (SSSR count). The Kier molecular flexibility index (Phi) is 12.6. The van der Waals surface area contributed by atoms with Crippen LogP contribution in [0.3, 0.4) is 0 Å². The fraction of sp³-hybridized carbons (Fsp3) is 0.656. The summed E-state index contributed by atoms with van der Waals surface area (Å²) < 4.78 is 5.87. The van der Waals surface area contributed by atoms with Gasteiger partial charge < -0.3 is 4.74 Å². The van der Waals surface area contributed by atoms with E-state index >= 15 is 0 Å². The van der Waals surface area contributed by atoms with Gasteiger partial charge in [-0.3, -0.25) is 4.98 Å². The number of rotatable bonds is 16. The number of unbranched alkanes of at least 4 members (excludes halogenated alkanes) is 9. The highest BCUT2D eigenvalue weighted by molar-refractivity contribution is 5.60. The van der Waals surface area contributed by atoms with Crippen molar-refractivity contribution in [1.29, 1.82) is 0 Å². The van der Waals surface area contributed by atoms with E-state index in [9.17, 15) is 0 Å². The summed E-state index contributed by atoms with van der Waals surface area (Å²) in [5, 5.41) is 0. The van der Waals surface area contributed by atoms with Crippen LogP contribution in [-0.4, -0.2) is 11.6 Å². The van der Waals surface area contributed by atoms with Crippen molar-refractivity contribution in [3.8, 4) is 17.0 Å². The van der Waals surface area contributed by atoms with Gasteiger partial charge in [0.15, 0.2) is 0 Å². The predicted octanol–water partition coefficient (Wildman–Crippen LogP) is 10.1. The van der Waals surface area contributed by atoms with E-state index in [-0.39, 0.29) is 0 Å². The van der Waals surface area contributed by atoms with Crippen LogP contribution in [-0.2, 0) is 0 Å². The Hall–Kier alpha value is -1.83. The quantitative estimate of drug-likeness (QED) is 0.231. The summed E-state index contributed by atoms with van der Waals surface area (Å²) in [4.78, 5) is 4.66. The molecule has 0 amide bonds. The Balaban J connectivity index is 1.37. The molecule has 0 spiro atoms. The Morgan fingerprint density at radius 2 is 1.35 bits per heavy atom. The molecule has 188 valence electrons. The monoisotopic (exact) mass is 463 g/mol. The van der Waals surface area contributed by atoms with E-state index in [0.717, 1.165) is 36.3 Å². The first kappa shape index (κ1) is 26.8. The zero-order chi connectivity index (χ0) is 23.8. The van der Waals surface area contributed by atoms with E-state index in [0.29, 0.717) is 0 Å². The molecule has 1 fully saturated rings. The maximum atomic E-state index is 5.87. The van der Waals surface area contributed by atoms with Crippen LogP contribution >= 0.6 is 0 Å². The summed E-state index contributed by atoms with van der Waals surface area (Å²) >= 11 is 0. The van der Waals surface area contributed by atoms with Crippen LogP contribution in [0.15, 0.2) is 42.6 Å². The van der Waals surface area contributed by atoms with Gasteiger partial charge in [0.25, 0.3) is 0 Å². The lowest BCUT2D eigenvalue weighted by Gasteiger charge is -2.29. The second kappa shape index (κ2) is 16.0. The van der Waals surface area contributed by atoms with Gasteiger partial charge in [-0.2, -0.15) is 0 Å². The van der Waals surface area contributed by atoms with E-state index in [1.165, 1.54) is 107 Å². The molecule has 0 radical (unpaired) electrons. The Morgan fingerprint density at radius 3 is 2.00 bits per heavy atom. The van der Waals surface area contributed by atoms with E-state index < -0.39 is 0 Å². The molecule has 0 saturated heterocycles. The highest BCUT2D eigenvalue weighted by atomic mass is 16.5. The molecule has 2 heteroatoms. The van der Waals surface area contributed by atoms with Crippen molar-refractivity contribution in [2.24, 2.45) is 5.92 Å². The minimum Gasteiger partial charge on any atom is -0.492 e. The van der Waals surface area contributed by atoms with Crippen LogP contribution in [0.25, 0.3) is 11.3 Å². The second-order valence-corrected chi connectivity index (χ2v) is 10.5. The lowest BCUT2D eigenvalue weighted by molar-refractivity contribution is 0.302. The fourth-order valence-electron chi connectivity index (χ4n) is 5.46. The van der Waals surface area contributed by atoms with Gasteiger partial charge in [-0.05, 0) is 61.6 Å². The average Bonchev–Trinajstić information content (AvgIpc) is 2.89. The summed E-state index contributed by atoms with van der Waals surface area (Å²) in [7, 11) is 0. The van der Waals surface area contributed by atoms with Gasteiger partial charge in [0.1, 0.15) is 5.75 Å². The van der Waals surface area contributed by atoms with Crippen LogP contribution in [0.5, 0.6) is 5.75 Å². The molecule has 1 aliphatic rings. The molecule has 34 heavy (non-hydrogen) atoms. The minimum atomic E-state index is 0.746. The van der Waals surface area contributed by atoms with Gasteiger partial charge in [-0.25, -0.2) is 0 Å². The molecule has 0 atom stereocenters. The smallest absolute Gasteiger partial charge is 0.137 e. The lowest BCUT2D eigenvalue weighted by atomic mass is 9.77. The maximum Gasteiger partial charge on any atom is 0.137 e. The van der Waals surface area contributed by atoms with Crippen LogP contribution in [0.1, 0.15) is 128 Å². The number of hydrogen-bond donors (Lipinski definition) is 0. The number of pyridine rings is 1. The van der Waals surface area contributed by atoms with Gasteiger partial charge in [0, 0.05) is 5.56 Å². The SMILES string of the molecule is CCCCCCCCC1CCC(c2ccc(-c3ccc(OCCCCCCC)cn3)cc2)CC1. The molecule has 1 aliphatic carbocycles. The number of aromatic nitrogens is 1. The van der Waals surface area contributed by atoms with Crippen LogP contribution in [0.2, 0.25) is 0 Å². The lowest BCUT2D eigenvalue weighted by Crippen LogP contribution is -2.13. The molecular formula is C32H49NO. The third-order valence-electron chi connectivity index (χ3n) is 7.74. The van der Waals surface area contributed by atoms with E-state index in [1.807, 2.05) is 6.20 Å². The largest absolute Gasteiger partial charge is 0.492 e. The van der Waals surface area contributed by atoms with Gasteiger partial charge >= 0.3 is 0 Å². The zero-order valence-corrected chi connectivity index (χ0v) is 22.1. The third kappa shape index (κ3) is 9.43. The Bertz CT molecular complexity index is 759. The van der Waals surface area contributed by atoms with Gasteiger partial charge in [0.2, 0.25) is 0 Å².